The minimum atomic E-state index is -0.443. The van der Waals surface area contributed by atoms with E-state index in [-0.39, 0.29) is 13.0 Å². The van der Waals surface area contributed by atoms with Crippen LogP contribution in [-0.2, 0) is 4.79 Å². The summed E-state index contributed by atoms with van der Waals surface area (Å²) in [5.74, 6) is 5.72. The highest BCUT2D eigenvalue weighted by Crippen LogP contribution is 2.21. The van der Waals surface area contributed by atoms with Crippen molar-refractivity contribution in [2.45, 2.75) is 13.3 Å². The lowest BCUT2D eigenvalue weighted by atomic mass is 10.2. The van der Waals surface area contributed by atoms with E-state index in [1.807, 2.05) is 6.92 Å². The number of nitrogens with zero attached hydrogens (tertiary/aromatic N) is 4. The van der Waals surface area contributed by atoms with E-state index >= 15 is 0 Å². The fourth-order valence-corrected chi connectivity index (χ4v) is 2.38. The lowest BCUT2D eigenvalue weighted by molar-refractivity contribution is -0.111. The minimum absolute atomic E-state index is 0.0776. The molecule has 136 valence electrons. The van der Waals surface area contributed by atoms with Gasteiger partial charge in [0.1, 0.15) is 6.33 Å². The van der Waals surface area contributed by atoms with Crippen molar-refractivity contribution in [2.75, 3.05) is 17.2 Å². The van der Waals surface area contributed by atoms with Gasteiger partial charge in [0, 0.05) is 17.8 Å². The van der Waals surface area contributed by atoms with Crippen LogP contribution in [0.1, 0.15) is 13.3 Å². The maximum atomic E-state index is 11.8. The molecule has 0 aliphatic carbocycles. The zero-order chi connectivity index (χ0) is 19.2. The van der Waals surface area contributed by atoms with Crippen molar-refractivity contribution in [3.05, 3.63) is 49.2 Å². The quantitative estimate of drug-likeness (QED) is 0.600. The van der Waals surface area contributed by atoms with Gasteiger partial charge in [-0.2, -0.15) is 0 Å². The average molecular weight is 362 g/mol. The molecule has 0 spiro atoms. The largest absolute Gasteiger partial charge is 0.395 e. The van der Waals surface area contributed by atoms with Crippen LogP contribution in [0.15, 0.2) is 49.2 Å². The fraction of sp³-hybridized carbons (Fsp3) is 0.158. The number of imidazole rings is 1. The van der Waals surface area contributed by atoms with Crippen molar-refractivity contribution < 1.29 is 9.90 Å². The van der Waals surface area contributed by atoms with Gasteiger partial charge in [0.15, 0.2) is 11.6 Å². The van der Waals surface area contributed by atoms with Gasteiger partial charge >= 0.3 is 0 Å². The first-order chi connectivity index (χ1) is 13.1. The number of allylic oxidation sites excluding steroid dienone is 1. The Morgan fingerprint density at radius 3 is 2.96 bits per heavy atom. The van der Waals surface area contributed by atoms with Crippen molar-refractivity contribution in [3.63, 3.8) is 0 Å². The number of nitrogens with one attached hydrogen (secondary N) is 2. The maximum Gasteiger partial charge on any atom is 0.300 e. The molecule has 3 N–H and O–H groups in total. The number of anilines is 2. The van der Waals surface area contributed by atoms with Gasteiger partial charge < -0.3 is 15.7 Å². The normalized spacial score (nSPS) is 10.1. The molecule has 0 aliphatic heterocycles. The van der Waals surface area contributed by atoms with Crippen LogP contribution in [0.25, 0.3) is 16.9 Å². The zero-order valence-corrected chi connectivity index (χ0v) is 14.7. The number of rotatable bonds is 5. The summed E-state index contributed by atoms with van der Waals surface area (Å²) in [6.07, 6.45) is 5.13. The van der Waals surface area contributed by atoms with Crippen LogP contribution in [0.3, 0.4) is 0 Å². The van der Waals surface area contributed by atoms with Crippen molar-refractivity contribution in [3.8, 4) is 17.7 Å². The number of aliphatic hydroxyl groups is 1. The van der Waals surface area contributed by atoms with Crippen LogP contribution in [0, 0.1) is 11.8 Å². The van der Waals surface area contributed by atoms with E-state index in [4.69, 9.17) is 5.11 Å². The first kappa shape index (κ1) is 18.1. The number of amides is 1. The third-order valence-electron chi connectivity index (χ3n) is 3.45. The molecule has 1 amide bonds. The number of aliphatic hydroxyl groups excluding tert-OH is 1. The predicted octanol–water partition coefficient (Wildman–Crippen LogP) is 2.09. The molecule has 0 saturated carbocycles. The molecule has 3 rings (SSSR count). The van der Waals surface area contributed by atoms with Crippen LogP contribution in [-0.4, -0.2) is 37.1 Å². The predicted molar refractivity (Wildman–Crippen MR) is 103 cm³/mol. The summed E-state index contributed by atoms with van der Waals surface area (Å²) in [7, 11) is 0. The number of aromatic nitrogens is 4. The number of carbonyl (C=O) groups excluding carboxylic acids is 1. The number of fused-ring (bicyclic) bond motifs is 1. The maximum absolute atomic E-state index is 11.8. The van der Waals surface area contributed by atoms with Gasteiger partial charge in [-0.1, -0.05) is 12.5 Å². The first-order valence-corrected chi connectivity index (χ1v) is 8.19. The van der Waals surface area contributed by atoms with Gasteiger partial charge in [-0.3, -0.25) is 14.3 Å². The highest BCUT2D eigenvalue weighted by Gasteiger charge is 2.09. The summed E-state index contributed by atoms with van der Waals surface area (Å²) >= 11 is 0. The van der Waals surface area contributed by atoms with E-state index in [1.165, 1.54) is 0 Å². The van der Waals surface area contributed by atoms with Crippen molar-refractivity contribution in [1.29, 1.82) is 0 Å². The molecular weight excluding hydrogens is 344 g/mol. The minimum Gasteiger partial charge on any atom is -0.395 e. The smallest absolute Gasteiger partial charge is 0.300 e. The molecule has 0 unspecified atom stereocenters. The van der Waals surface area contributed by atoms with E-state index in [0.29, 0.717) is 17.3 Å². The molecule has 0 radical (unpaired) electrons. The lowest BCUT2D eigenvalue weighted by Gasteiger charge is -2.08. The highest BCUT2D eigenvalue weighted by molar-refractivity contribution is 6.04. The average Bonchev–Trinajstić information content (AvgIpc) is 3.05. The van der Waals surface area contributed by atoms with Gasteiger partial charge in [-0.25, -0.2) is 9.97 Å². The second-order valence-corrected chi connectivity index (χ2v) is 5.72. The third kappa shape index (κ3) is 4.48. The third-order valence-corrected chi connectivity index (χ3v) is 3.45. The van der Waals surface area contributed by atoms with Gasteiger partial charge in [0.25, 0.3) is 5.91 Å². The van der Waals surface area contributed by atoms with E-state index in [1.54, 1.807) is 41.5 Å². The van der Waals surface area contributed by atoms with E-state index in [0.717, 1.165) is 16.7 Å². The highest BCUT2D eigenvalue weighted by atomic mass is 16.2. The number of hydrogen-bond donors (Lipinski definition) is 3. The Kier molecular flexibility index (Phi) is 5.44. The molecule has 0 fully saturated rings. The SMILES string of the molecule is C=C(C)Nc1cncc(-n2cnc3ccc(NC(=O)C#CCCO)cc32)n1. The second kappa shape index (κ2) is 8.12. The van der Waals surface area contributed by atoms with E-state index in [2.05, 4.69) is 44.0 Å². The van der Waals surface area contributed by atoms with Gasteiger partial charge in [0.2, 0.25) is 0 Å². The number of hydrogen-bond acceptors (Lipinski definition) is 6. The molecule has 0 saturated heterocycles. The molecule has 27 heavy (non-hydrogen) atoms. The van der Waals surface area contributed by atoms with E-state index in [9.17, 15) is 4.79 Å². The molecule has 1 aromatic carbocycles. The standard InChI is InChI=1S/C19H18N6O2/c1-13(2)22-17-10-20-11-18(24-17)25-12-21-15-7-6-14(9-16(15)25)23-19(27)5-3-4-8-26/h6-7,9-12,26H,1,4,8H2,2H3,(H,22,24)(H,23,27). The molecule has 3 aromatic rings. The van der Waals surface area contributed by atoms with Gasteiger partial charge in [0.05, 0.1) is 30.0 Å². The zero-order valence-electron chi connectivity index (χ0n) is 14.7. The summed E-state index contributed by atoms with van der Waals surface area (Å²) in [6, 6.07) is 5.33. The molecule has 0 bridgehead atoms. The lowest BCUT2D eigenvalue weighted by Crippen LogP contribution is -2.08. The molecule has 0 aliphatic rings. The Bertz CT molecular complexity index is 1060. The van der Waals surface area contributed by atoms with Gasteiger partial charge in [-0.15, -0.1) is 0 Å². The second-order valence-electron chi connectivity index (χ2n) is 5.72. The van der Waals surface area contributed by atoms with E-state index < -0.39 is 5.91 Å². The Balaban J connectivity index is 1.91. The topological polar surface area (TPSA) is 105 Å². The summed E-state index contributed by atoms with van der Waals surface area (Å²) < 4.78 is 1.78. The molecular formula is C19H18N6O2. The van der Waals surface area contributed by atoms with Crippen molar-refractivity contribution in [1.82, 2.24) is 19.5 Å². The first-order valence-electron chi connectivity index (χ1n) is 8.19. The van der Waals surface area contributed by atoms with Gasteiger partial charge in [-0.05, 0) is 31.0 Å². The summed E-state index contributed by atoms with van der Waals surface area (Å²) in [4.78, 5) is 24.9. The molecule has 2 heterocycles. The Hall–Kier alpha value is -3.70. The van der Waals surface area contributed by atoms with Crippen LogP contribution in [0.2, 0.25) is 0 Å². The van der Waals surface area contributed by atoms with Crippen LogP contribution >= 0.6 is 0 Å². The monoisotopic (exact) mass is 362 g/mol. The van der Waals surface area contributed by atoms with Crippen LogP contribution < -0.4 is 10.6 Å². The van der Waals surface area contributed by atoms with Crippen LogP contribution in [0.5, 0.6) is 0 Å². The van der Waals surface area contributed by atoms with Crippen molar-refractivity contribution >= 4 is 28.4 Å². The number of carbonyl (C=O) groups is 1. The Morgan fingerprint density at radius 2 is 2.19 bits per heavy atom. The molecule has 0 atom stereocenters. The molecule has 8 nitrogen and oxygen atoms in total. The van der Waals surface area contributed by atoms with Crippen molar-refractivity contribution in [2.24, 2.45) is 0 Å². The Labute approximate surface area is 156 Å². The van der Waals surface area contributed by atoms with Crippen LogP contribution in [0.4, 0.5) is 11.5 Å². The number of benzene rings is 1. The summed E-state index contributed by atoms with van der Waals surface area (Å²) in [5.41, 5.74) is 2.85. The summed E-state index contributed by atoms with van der Waals surface area (Å²) in [5, 5.41) is 14.4. The molecule has 2 aromatic heterocycles. The fourth-order valence-electron chi connectivity index (χ4n) is 2.38. The molecule has 8 heteroatoms. The Morgan fingerprint density at radius 1 is 1.33 bits per heavy atom. The summed E-state index contributed by atoms with van der Waals surface area (Å²) in [6.45, 7) is 5.55.